The fourth-order valence-electron chi connectivity index (χ4n) is 12.5. The van der Waals surface area contributed by atoms with Crippen LogP contribution in [0.4, 0.5) is 5.69 Å². The summed E-state index contributed by atoms with van der Waals surface area (Å²) in [5.74, 6) is 3.53. The Hall–Kier alpha value is -7.08. The lowest BCUT2D eigenvalue weighted by atomic mass is 9.70. The predicted octanol–water partition coefficient (Wildman–Crippen LogP) is 11.7. The quantitative estimate of drug-likeness (QED) is 0.0153. The molecule has 0 radical (unpaired) electrons. The first-order valence-corrected chi connectivity index (χ1v) is 28.8. The van der Waals surface area contributed by atoms with Gasteiger partial charge in [-0.3, -0.25) is 9.79 Å². The van der Waals surface area contributed by atoms with Crippen molar-refractivity contribution >= 4 is 34.3 Å². The van der Waals surface area contributed by atoms with Crippen molar-refractivity contribution in [1.29, 1.82) is 0 Å². The molecule has 0 saturated heterocycles. The Bertz CT molecular complexity index is 3200. The Morgan fingerprint density at radius 3 is 2.58 bits per heavy atom. The summed E-state index contributed by atoms with van der Waals surface area (Å²) < 4.78 is 25.0. The highest BCUT2D eigenvalue weighted by atomic mass is 16.5. The van der Waals surface area contributed by atoms with Crippen LogP contribution >= 0.6 is 0 Å². The number of carbonyl (C=O) groups excluding carboxylic acids is 1. The molecule has 13 nitrogen and oxygen atoms in total. The van der Waals surface area contributed by atoms with Crippen LogP contribution in [0.2, 0.25) is 0 Å². The molecule has 8 N–H and O–H groups in total. The summed E-state index contributed by atoms with van der Waals surface area (Å²) in [6.45, 7) is 8.68. The number of aromatic hydroxyl groups is 1. The minimum Gasteiger partial charge on any atom is -0.508 e. The molecule has 0 aromatic heterocycles. The fraction of sp³-hybridized carbons (Fsp3) is 0.433. The number of allylic oxidation sites excluding steroid dienone is 4. The van der Waals surface area contributed by atoms with E-state index in [-0.39, 0.29) is 66.0 Å². The van der Waals surface area contributed by atoms with Gasteiger partial charge < -0.3 is 55.7 Å². The van der Waals surface area contributed by atoms with E-state index in [1.807, 2.05) is 55.5 Å². The molecule has 0 spiro atoms. The molecule has 2 aliphatic carbocycles. The highest BCUT2D eigenvalue weighted by molar-refractivity contribution is 6.01. The molecule has 80 heavy (non-hydrogen) atoms. The number of aliphatic hydroxyl groups is 3. The van der Waals surface area contributed by atoms with E-state index in [9.17, 15) is 25.2 Å². The van der Waals surface area contributed by atoms with Crippen molar-refractivity contribution in [2.75, 3.05) is 45.8 Å². The van der Waals surface area contributed by atoms with Crippen LogP contribution in [0.15, 0.2) is 113 Å². The molecule has 0 unspecified atom stereocenters. The lowest BCUT2D eigenvalue weighted by Gasteiger charge is -2.35. The van der Waals surface area contributed by atoms with Gasteiger partial charge in [0, 0.05) is 73.2 Å². The molecule has 11 rings (SSSR count). The molecule has 4 aliphatic heterocycles. The number of ether oxygens (including phenoxy) is 4. The summed E-state index contributed by atoms with van der Waals surface area (Å²) in [4.78, 5) is 18.4. The van der Waals surface area contributed by atoms with Gasteiger partial charge in [-0.05, 0) is 169 Å². The van der Waals surface area contributed by atoms with Crippen LogP contribution in [0.3, 0.4) is 0 Å². The van der Waals surface area contributed by atoms with Crippen molar-refractivity contribution in [3.05, 3.63) is 158 Å². The Labute approximate surface area is 472 Å². The molecular weight excluding hydrogens is 1000 g/mol. The molecule has 7 atom stereocenters. The number of methoxy groups -OCH3 is 1. The first-order chi connectivity index (χ1) is 38.8. The van der Waals surface area contributed by atoms with Crippen molar-refractivity contribution in [1.82, 2.24) is 5.32 Å². The van der Waals surface area contributed by atoms with E-state index in [0.29, 0.717) is 79.4 Å². The van der Waals surface area contributed by atoms with E-state index in [2.05, 4.69) is 90.1 Å². The van der Waals surface area contributed by atoms with Gasteiger partial charge in [-0.2, -0.15) is 0 Å². The second kappa shape index (κ2) is 26.9. The Balaban J connectivity index is 1.23. The summed E-state index contributed by atoms with van der Waals surface area (Å²) in [6, 6.07) is 26.0. The normalized spacial score (nSPS) is 22.0. The average Bonchev–Trinajstić information content (AvgIpc) is 3.48. The summed E-state index contributed by atoms with van der Waals surface area (Å²) >= 11 is 0. The van der Waals surface area contributed by atoms with Crippen LogP contribution in [0.25, 0.3) is 16.8 Å². The van der Waals surface area contributed by atoms with Crippen LogP contribution in [-0.4, -0.2) is 78.7 Å². The molecule has 6 aliphatic rings. The standard InChI is InChI=1S/C67H80N4O9/c1-6-26-70-39-48-34-55(46-16-10-13-43(29-46)24-27-78-7-2)53-25-28-79-51(32-47-35-60(73)56(48)33-45(47)15-9-8-12-42-14-11-17-49(30-42)71-67(68)69-4)36-50(72)21-19-44-20-23-62(77-5)63(31-44)80-40-59-52-22-18-41(3)54-38-61(74)65(53)58(64(52)54)37-57(59)66(75)76/h10-11,13-14,16-18,20,22-23,29-31,33,35,37-38,41,45,47-48,51,53,55,66,70,73-76H,6-9,12,15,19,21,24,26-27,32,34,36,39-40H2,1-5H3,(H3,68,69,71)/t41-,45-,47+,48+,51+,53+,55+/m1/s1. The van der Waals surface area contributed by atoms with E-state index < -0.39 is 24.2 Å². The molecule has 5 aromatic rings. The highest BCUT2D eigenvalue weighted by Gasteiger charge is 2.38. The predicted molar refractivity (Wildman–Crippen MR) is 317 cm³/mol. The maximum atomic E-state index is 14.4. The number of ketones is 1. The number of anilines is 1. The molecule has 0 saturated carbocycles. The van der Waals surface area contributed by atoms with Gasteiger partial charge in [-0.25, -0.2) is 0 Å². The van der Waals surface area contributed by atoms with Gasteiger partial charge in [-0.1, -0.05) is 86.9 Å². The van der Waals surface area contributed by atoms with Crippen LogP contribution in [0, 0.1) is 29.8 Å². The number of hydrogen-bond donors (Lipinski definition) is 7. The van der Waals surface area contributed by atoms with Crippen LogP contribution in [0.5, 0.6) is 17.2 Å². The van der Waals surface area contributed by atoms with Gasteiger partial charge in [0.1, 0.15) is 36.1 Å². The third-order valence-electron chi connectivity index (χ3n) is 16.6. The van der Waals surface area contributed by atoms with Crippen molar-refractivity contribution < 1.29 is 44.2 Å². The van der Waals surface area contributed by atoms with Gasteiger partial charge in [0.2, 0.25) is 0 Å². The zero-order valence-corrected chi connectivity index (χ0v) is 47.1. The van der Waals surface area contributed by atoms with Gasteiger partial charge in [0.15, 0.2) is 23.7 Å². The van der Waals surface area contributed by atoms with E-state index >= 15 is 0 Å². The molecule has 0 amide bonds. The topological polar surface area (TPSA) is 197 Å². The number of carbonyl (C=O) groups is 1. The number of aliphatic imine (C=N–C) groups is 1. The largest absolute Gasteiger partial charge is 0.508 e. The number of phenols is 1. The van der Waals surface area contributed by atoms with Crippen LogP contribution < -0.4 is 25.8 Å². The number of aliphatic hydroxyl groups excluding tert-OH is 2. The van der Waals surface area contributed by atoms with Crippen molar-refractivity contribution in [2.24, 2.45) is 28.5 Å². The van der Waals surface area contributed by atoms with Crippen molar-refractivity contribution in [3.8, 4) is 29.3 Å². The third kappa shape index (κ3) is 13.6. The van der Waals surface area contributed by atoms with E-state index in [1.54, 1.807) is 20.2 Å². The average molecular weight is 1090 g/mol. The number of hydrogen-bond acceptors (Lipinski definition) is 11. The maximum absolute atomic E-state index is 14.4. The van der Waals surface area contributed by atoms with Crippen LogP contribution in [-0.2, 0) is 40.1 Å². The number of benzene rings is 5. The monoisotopic (exact) mass is 1080 g/mol. The zero-order chi connectivity index (χ0) is 56.3. The van der Waals surface area contributed by atoms with E-state index in [4.69, 9.17) is 24.7 Å². The molecule has 0 fully saturated rings. The summed E-state index contributed by atoms with van der Waals surface area (Å²) in [5, 5.41) is 56.6. The second-order valence-electron chi connectivity index (χ2n) is 22.0. The maximum Gasteiger partial charge on any atom is 0.192 e. The second-order valence-corrected chi connectivity index (χ2v) is 22.0. The molecular formula is C67H80N4O9. The molecule has 4 heterocycles. The number of nitrogens with one attached hydrogen (secondary N) is 2. The van der Waals surface area contributed by atoms with E-state index in [1.165, 1.54) is 5.56 Å². The number of nitrogens with two attached hydrogens (primary N) is 1. The minimum absolute atomic E-state index is 0.00882. The Morgan fingerprint density at radius 1 is 0.963 bits per heavy atom. The van der Waals surface area contributed by atoms with Gasteiger partial charge in [0.05, 0.1) is 19.6 Å². The van der Waals surface area contributed by atoms with Crippen molar-refractivity contribution in [2.45, 2.75) is 128 Å². The number of nitrogens with zero attached hydrogens (tertiary/aromatic N) is 1. The lowest BCUT2D eigenvalue weighted by molar-refractivity contribution is -0.121. The number of guanidine groups is 1. The van der Waals surface area contributed by atoms with Crippen molar-refractivity contribution in [3.63, 3.8) is 0 Å². The molecule has 5 aromatic carbocycles. The number of Topliss-reactive ketones (excluding diaryl/α,β-unsaturated/α-hetero) is 1. The smallest absolute Gasteiger partial charge is 0.192 e. The highest BCUT2D eigenvalue weighted by Crippen LogP contribution is 2.51. The zero-order valence-electron chi connectivity index (χ0n) is 47.1. The fourth-order valence-corrected chi connectivity index (χ4v) is 12.5. The number of unbranched alkanes of at least 4 members (excludes halogenated alkanes) is 1. The number of phenolic OH excluding ortho intramolecular Hbond substituents is 1. The minimum atomic E-state index is -1.91. The molecule has 13 heteroatoms. The van der Waals surface area contributed by atoms with E-state index in [0.717, 1.165) is 83.1 Å². The Morgan fingerprint density at radius 2 is 1.79 bits per heavy atom. The SMILES string of the molecule is CCCNC[C@@H]1C[C@@H](c2cccc(CCOCC)c2)[C@@H]2C#CO[C@H](CC(=O)CCc3ccc(OC)c(c3)OCc3c(C(O)O)cc4c2c(O)cc2c4c3C=C[C@H]2C)C[C@H]2C=C(O)C1=C[C@H]2CCCCc1cccc(NC(N)=NC)c1. The number of rotatable bonds is 17. The van der Waals surface area contributed by atoms with Crippen LogP contribution in [0.1, 0.15) is 146 Å². The first-order valence-electron chi connectivity index (χ1n) is 28.8. The van der Waals surface area contributed by atoms with Gasteiger partial charge >= 0.3 is 0 Å². The van der Waals surface area contributed by atoms with Gasteiger partial charge in [-0.15, -0.1) is 0 Å². The summed E-state index contributed by atoms with van der Waals surface area (Å²) in [5.41, 5.74) is 14.9. The number of fused-ring (bicyclic) bond motifs is 8. The molecule has 422 valence electrons. The van der Waals surface area contributed by atoms with Gasteiger partial charge in [0.25, 0.3) is 0 Å². The first kappa shape index (κ1) is 57.6. The Kier molecular flexibility index (Phi) is 19.4. The third-order valence-corrected chi connectivity index (χ3v) is 16.6. The summed E-state index contributed by atoms with van der Waals surface area (Å²) in [7, 11) is 3.23. The lowest BCUT2D eigenvalue weighted by Crippen LogP contribution is -2.31. The molecule has 10 bridgehead atoms. The summed E-state index contributed by atoms with van der Waals surface area (Å²) in [6.07, 6.45) is 15.9. The number of aryl methyl sites for hydroxylation is 2.